The minimum absolute atomic E-state index is 0.0172. The summed E-state index contributed by atoms with van der Waals surface area (Å²) in [6.07, 6.45) is 3.27. The van der Waals surface area contributed by atoms with E-state index in [1.165, 1.54) is 16.7 Å². The Morgan fingerprint density at radius 2 is 1.82 bits per heavy atom. The molecule has 0 spiro atoms. The lowest BCUT2D eigenvalue weighted by Crippen LogP contribution is -2.32. The molecule has 0 bridgehead atoms. The molecule has 1 aliphatic carbocycles. The maximum atomic E-state index is 5.36. The molecule has 0 aromatic carbocycles. The molecule has 0 heterocycles. The Bertz CT molecular complexity index is 355. The van der Waals surface area contributed by atoms with Gasteiger partial charge in [-0.2, -0.15) is 0 Å². The third-order valence-electron chi connectivity index (χ3n) is 3.25. The maximum Gasteiger partial charge on any atom is 0.0578 e. The van der Waals surface area contributed by atoms with Crippen molar-refractivity contribution >= 4 is 0 Å². The molecule has 0 aromatic rings. The number of ether oxygens (including phenoxy) is 2. The van der Waals surface area contributed by atoms with Gasteiger partial charge in [-0.3, -0.25) is 0 Å². The van der Waals surface area contributed by atoms with Crippen molar-refractivity contribution in [3.63, 3.8) is 0 Å². The highest BCUT2D eigenvalue weighted by molar-refractivity contribution is 5.50. The zero-order valence-corrected chi connectivity index (χ0v) is 11.7. The van der Waals surface area contributed by atoms with Crippen LogP contribution in [0, 0.1) is 5.41 Å². The highest BCUT2D eigenvalue weighted by Gasteiger charge is 2.33. The van der Waals surface area contributed by atoms with Gasteiger partial charge in [-0.25, -0.2) is 0 Å². The number of methoxy groups -OCH3 is 2. The number of allylic oxidation sites excluding steroid dienone is 4. The molecule has 1 rings (SSSR count). The summed E-state index contributed by atoms with van der Waals surface area (Å²) < 4.78 is 10.7. The van der Waals surface area contributed by atoms with Crippen molar-refractivity contribution in [1.29, 1.82) is 0 Å². The van der Waals surface area contributed by atoms with E-state index in [0.717, 1.165) is 12.0 Å². The van der Waals surface area contributed by atoms with Crippen molar-refractivity contribution in [2.45, 2.75) is 27.2 Å². The molecule has 2 nitrogen and oxygen atoms in total. The van der Waals surface area contributed by atoms with Gasteiger partial charge < -0.3 is 9.47 Å². The van der Waals surface area contributed by atoms with Gasteiger partial charge in [-0.1, -0.05) is 23.8 Å². The van der Waals surface area contributed by atoms with E-state index in [1.807, 2.05) is 0 Å². The topological polar surface area (TPSA) is 18.5 Å². The van der Waals surface area contributed by atoms with E-state index in [4.69, 9.17) is 9.47 Å². The fourth-order valence-corrected chi connectivity index (χ4v) is 3.04. The van der Waals surface area contributed by atoms with E-state index < -0.39 is 0 Å². The zero-order valence-electron chi connectivity index (χ0n) is 11.7. The van der Waals surface area contributed by atoms with E-state index >= 15 is 0 Å². The molecule has 0 amide bonds. The third kappa shape index (κ3) is 3.08. The predicted molar refractivity (Wildman–Crippen MR) is 72.1 cm³/mol. The minimum Gasteiger partial charge on any atom is -0.384 e. The Morgan fingerprint density at radius 3 is 2.18 bits per heavy atom. The molecule has 0 aromatic heterocycles. The second-order valence-corrected chi connectivity index (χ2v) is 5.17. The Labute approximate surface area is 105 Å². The first-order valence-electron chi connectivity index (χ1n) is 5.99. The van der Waals surface area contributed by atoms with Gasteiger partial charge in [-0.15, -0.1) is 0 Å². The Hall–Kier alpha value is -0.860. The average Bonchev–Trinajstić information content (AvgIpc) is 2.15. The SMILES string of the molecule is C=C(C)C1=C(C)CC(COC)(COC)C=C1C. The molecule has 0 aliphatic heterocycles. The average molecular weight is 236 g/mol. The summed E-state index contributed by atoms with van der Waals surface area (Å²) in [5.74, 6) is 0. The van der Waals surface area contributed by atoms with Crippen molar-refractivity contribution in [3.8, 4) is 0 Å². The van der Waals surface area contributed by atoms with Crippen LogP contribution >= 0.6 is 0 Å². The molecule has 0 unspecified atom stereocenters. The second kappa shape index (κ2) is 5.65. The van der Waals surface area contributed by atoms with E-state index in [1.54, 1.807) is 14.2 Å². The van der Waals surface area contributed by atoms with Gasteiger partial charge in [0.1, 0.15) is 0 Å². The van der Waals surface area contributed by atoms with Gasteiger partial charge in [0.15, 0.2) is 0 Å². The van der Waals surface area contributed by atoms with Crippen molar-refractivity contribution in [1.82, 2.24) is 0 Å². The quantitative estimate of drug-likeness (QED) is 0.727. The first-order chi connectivity index (χ1) is 7.95. The van der Waals surface area contributed by atoms with Crippen molar-refractivity contribution in [3.05, 3.63) is 34.9 Å². The van der Waals surface area contributed by atoms with Crippen LogP contribution in [0.3, 0.4) is 0 Å². The Kier molecular flexibility index (Phi) is 4.72. The lowest BCUT2D eigenvalue weighted by molar-refractivity contribution is 0.0393. The molecule has 0 atom stereocenters. The fraction of sp³-hybridized carbons (Fsp3) is 0.600. The molecule has 96 valence electrons. The van der Waals surface area contributed by atoms with Gasteiger partial charge in [0, 0.05) is 19.6 Å². The van der Waals surface area contributed by atoms with E-state index in [9.17, 15) is 0 Å². The summed E-state index contributed by atoms with van der Waals surface area (Å²) in [4.78, 5) is 0. The zero-order chi connectivity index (χ0) is 13.1. The summed E-state index contributed by atoms with van der Waals surface area (Å²) in [6, 6.07) is 0. The summed E-state index contributed by atoms with van der Waals surface area (Å²) >= 11 is 0. The van der Waals surface area contributed by atoms with Crippen LogP contribution in [0.2, 0.25) is 0 Å². The van der Waals surface area contributed by atoms with Crippen LogP contribution in [0.25, 0.3) is 0 Å². The lowest BCUT2D eigenvalue weighted by atomic mass is 9.74. The number of hydrogen-bond donors (Lipinski definition) is 0. The van der Waals surface area contributed by atoms with E-state index in [-0.39, 0.29) is 5.41 Å². The Morgan fingerprint density at radius 1 is 1.29 bits per heavy atom. The monoisotopic (exact) mass is 236 g/mol. The van der Waals surface area contributed by atoms with Crippen LogP contribution in [0.5, 0.6) is 0 Å². The van der Waals surface area contributed by atoms with Crippen LogP contribution < -0.4 is 0 Å². The molecule has 1 aliphatic rings. The summed E-state index contributed by atoms with van der Waals surface area (Å²) in [7, 11) is 3.49. The van der Waals surface area contributed by atoms with Gasteiger partial charge in [0.05, 0.1) is 13.2 Å². The molecular formula is C15H24O2. The first kappa shape index (κ1) is 14.2. The molecule has 0 saturated heterocycles. The lowest BCUT2D eigenvalue weighted by Gasteiger charge is -2.35. The summed E-state index contributed by atoms with van der Waals surface area (Å²) in [6.45, 7) is 11.8. The smallest absolute Gasteiger partial charge is 0.0578 e. The number of rotatable bonds is 5. The highest BCUT2D eigenvalue weighted by Crippen LogP contribution is 2.40. The van der Waals surface area contributed by atoms with Gasteiger partial charge >= 0.3 is 0 Å². The molecule has 17 heavy (non-hydrogen) atoms. The van der Waals surface area contributed by atoms with Crippen LogP contribution in [-0.4, -0.2) is 27.4 Å². The van der Waals surface area contributed by atoms with E-state index in [0.29, 0.717) is 13.2 Å². The largest absolute Gasteiger partial charge is 0.384 e. The highest BCUT2D eigenvalue weighted by atomic mass is 16.5. The van der Waals surface area contributed by atoms with Crippen LogP contribution in [0.15, 0.2) is 34.9 Å². The van der Waals surface area contributed by atoms with Crippen molar-refractivity contribution < 1.29 is 9.47 Å². The molecule has 0 radical (unpaired) electrons. The summed E-state index contributed by atoms with van der Waals surface area (Å²) in [5, 5.41) is 0. The minimum atomic E-state index is -0.0172. The second-order valence-electron chi connectivity index (χ2n) is 5.17. The number of hydrogen-bond acceptors (Lipinski definition) is 2. The van der Waals surface area contributed by atoms with Crippen LogP contribution in [0.1, 0.15) is 27.2 Å². The molecule has 0 saturated carbocycles. The van der Waals surface area contributed by atoms with Gasteiger partial charge in [0.2, 0.25) is 0 Å². The van der Waals surface area contributed by atoms with Gasteiger partial charge in [0.25, 0.3) is 0 Å². The maximum absolute atomic E-state index is 5.36. The first-order valence-corrected chi connectivity index (χ1v) is 5.99. The Balaban J connectivity index is 3.08. The van der Waals surface area contributed by atoms with Crippen LogP contribution in [0.4, 0.5) is 0 Å². The van der Waals surface area contributed by atoms with Gasteiger partial charge in [-0.05, 0) is 38.3 Å². The van der Waals surface area contributed by atoms with Crippen molar-refractivity contribution in [2.75, 3.05) is 27.4 Å². The normalized spacial score (nSPS) is 19.2. The fourth-order valence-electron chi connectivity index (χ4n) is 3.04. The molecule has 0 N–H and O–H groups in total. The molecule has 2 heteroatoms. The molecule has 0 fully saturated rings. The summed E-state index contributed by atoms with van der Waals surface area (Å²) in [5.41, 5.74) is 5.10. The standard InChI is InChI=1S/C15H24O2/c1-11(2)14-12(3)7-15(9-16-5,10-17-6)8-13(14)4/h7H,1,8-10H2,2-6H3. The third-order valence-corrected chi connectivity index (χ3v) is 3.25. The molecular weight excluding hydrogens is 212 g/mol. The van der Waals surface area contributed by atoms with E-state index in [2.05, 4.69) is 33.4 Å². The van der Waals surface area contributed by atoms with Crippen LogP contribution in [-0.2, 0) is 9.47 Å². The predicted octanol–water partition coefficient (Wildman–Crippen LogP) is 3.51. The van der Waals surface area contributed by atoms with Crippen molar-refractivity contribution in [2.24, 2.45) is 5.41 Å².